The van der Waals surface area contributed by atoms with Crippen molar-refractivity contribution < 1.29 is 12.0 Å². The quantitative estimate of drug-likeness (QED) is 0.795. The van der Waals surface area contributed by atoms with E-state index in [0.717, 1.165) is 0 Å². The van der Waals surface area contributed by atoms with E-state index >= 15 is 0 Å². The van der Waals surface area contributed by atoms with Crippen molar-refractivity contribution in [2.24, 2.45) is 0 Å². The van der Waals surface area contributed by atoms with E-state index in [4.69, 9.17) is 3.63 Å². The molecule has 0 unspecified atom stereocenters. The van der Waals surface area contributed by atoms with Crippen molar-refractivity contribution in [1.29, 1.82) is 0 Å². The zero-order valence-corrected chi connectivity index (χ0v) is 10.4. The Morgan fingerprint density at radius 3 is 1.26 bits per heavy atom. The predicted molar refractivity (Wildman–Crippen MR) is 81.1 cm³/mol. The van der Waals surface area contributed by atoms with Crippen LogP contribution in [-0.2, 0) is 25.8 Å². The molecule has 0 fully saturated rings. The third-order valence-corrected chi connectivity index (χ3v) is 4.30. The molecular formula is C12H12Na2O3S2. The van der Waals surface area contributed by atoms with Gasteiger partial charge in [0.05, 0.1) is 9.79 Å². The molecular weight excluding hydrogens is 302 g/mol. The SMILES string of the molecule is O=S(OS(=O)c1ccccc1)c1ccccc1.[NaH].[NaH]. The Bertz CT molecular complexity index is 486. The predicted octanol–water partition coefficient (Wildman–Crippen LogP) is 1.15. The normalized spacial score (nSPS) is 12.6. The fourth-order valence-corrected chi connectivity index (χ4v) is 3.03. The molecule has 0 aliphatic rings. The fraction of sp³-hybridized carbons (Fsp3) is 0. The van der Waals surface area contributed by atoms with E-state index in [1.807, 2.05) is 12.1 Å². The summed E-state index contributed by atoms with van der Waals surface area (Å²) in [5, 5.41) is 0. The molecule has 3 nitrogen and oxygen atoms in total. The number of rotatable bonds is 4. The van der Waals surface area contributed by atoms with Crippen molar-refractivity contribution in [3.05, 3.63) is 60.7 Å². The summed E-state index contributed by atoms with van der Waals surface area (Å²) in [6.45, 7) is 0. The Morgan fingerprint density at radius 2 is 0.947 bits per heavy atom. The third kappa shape index (κ3) is 6.33. The second-order valence-corrected chi connectivity index (χ2v) is 5.59. The van der Waals surface area contributed by atoms with Gasteiger partial charge in [0, 0.05) is 0 Å². The van der Waals surface area contributed by atoms with Crippen molar-refractivity contribution in [1.82, 2.24) is 0 Å². The van der Waals surface area contributed by atoms with E-state index in [2.05, 4.69) is 0 Å². The van der Waals surface area contributed by atoms with E-state index < -0.39 is 22.2 Å². The van der Waals surface area contributed by atoms with Crippen LogP contribution in [0.25, 0.3) is 0 Å². The molecule has 0 aromatic heterocycles. The van der Waals surface area contributed by atoms with Gasteiger partial charge in [0.1, 0.15) is 0 Å². The molecule has 0 heterocycles. The van der Waals surface area contributed by atoms with Gasteiger partial charge in [0.25, 0.3) is 0 Å². The Balaban J connectivity index is 0.00000162. The zero-order valence-electron chi connectivity index (χ0n) is 8.81. The molecule has 0 amide bonds. The van der Waals surface area contributed by atoms with Crippen LogP contribution in [0.5, 0.6) is 0 Å². The van der Waals surface area contributed by atoms with E-state index in [9.17, 15) is 8.42 Å². The number of hydrogen-bond donors (Lipinski definition) is 0. The monoisotopic (exact) mass is 314 g/mol. The van der Waals surface area contributed by atoms with Gasteiger partial charge in [-0.2, -0.15) is 3.63 Å². The van der Waals surface area contributed by atoms with Crippen LogP contribution in [0.15, 0.2) is 70.5 Å². The minimum atomic E-state index is -1.71. The van der Waals surface area contributed by atoms with Gasteiger partial charge in [0.2, 0.25) is 22.2 Å². The molecule has 19 heavy (non-hydrogen) atoms. The van der Waals surface area contributed by atoms with Gasteiger partial charge < -0.3 is 0 Å². The maximum atomic E-state index is 11.7. The topological polar surface area (TPSA) is 43.4 Å². The van der Waals surface area contributed by atoms with Crippen LogP contribution in [0.3, 0.4) is 0 Å². The Hall–Kier alpha value is 0.700. The van der Waals surface area contributed by atoms with E-state index in [0.29, 0.717) is 9.79 Å². The molecule has 0 saturated heterocycles. The molecule has 0 saturated carbocycles. The Labute approximate surface area is 162 Å². The van der Waals surface area contributed by atoms with Gasteiger partial charge in [-0.25, -0.2) is 8.42 Å². The summed E-state index contributed by atoms with van der Waals surface area (Å²) in [5.41, 5.74) is 0. The molecule has 0 bridgehead atoms. The van der Waals surface area contributed by atoms with Gasteiger partial charge >= 0.3 is 59.1 Å². The second kappa shape index (κ2) is 10.4. The van der Waals surface area contributed by atoms with Crippen molar-refractivity contribution in [3.63, 3.8) is 0 Å². The minimum absolute atomic E-state index is 0. The molecule has 0 N–H and O–H groups in total. The van der Waals surface area contributed by atoms with Gasteiger partial charge in [-0.3, -0.25) is 0 Å². The first-order valence-electron chi connectivity index (χ1n) is 4.90. The molecule has 7 heteroatoms. The average Bonchev–Trinajstić information content (AvgIpc) is 2.40. The molecule has 92 valence electrons. The molecule has 2 aromatic rings. The summed E-state index contributed by atoms with van der Waals surface area (Å²) < 4.78 is 28.4. The summed E-state index contributed by atoms with van der Waals surface area (Å²) in [6, 6.07) is 17.3. The van der Waals surface area contributed by atoms with Crippen LogP contribution >= 0.6 is 0 Å². The van der Waals surface area contributed by atoms with Crippen LogP contribution in [-0.4, -0.2) is 67.5 Å². The molecule has 0 aliphatic heterocycles. The Kier molecular flexibility index (Phi) is 10.8. The van der Waals surface area contributed by atoms with E-state index in [1.54, 1.807) is 48.5 Å². The number of hydrogen-bond acceptors (Lipinski definition) is 3. The summed E-state index contributed by atoms with van der Waals surface area (Å²) in [7, 11) is 0. The maximum absolute atomic E-state index is 11.7. The Morgan fingerprint density at radius 1 is 0.632 bits per heavy atom. The van der Waals surface area contributed by atoms with E-state index in [1.165, 1.54) is 0 Å². The average molecular weight is 314 g/mol. The second-order valence-electron chi connectivity index (χ2n) is 3.16. The van der Waals surface area contributed by atoms with Gasteiger partial charge in [-0.05, 0) is 24.3 Å². The van der Waals surface area contributed by atoms with Crippen molar-refractivity contribution in [2.75, 3.05) is 0 Å². The summed E-state index contributed by atoms with van der Waals surface area (Å²) in [4.78, 5) is 0.994. The molecule has 0 atom stereocenters. The first-order valence-corrected chi connectivity index (χ1v) is 7.05. The molecule has 2 aromatic carbocycles. The third-order valence-electron chi connectivity index (χ3n) is 1.99. The molecule has 0 spiro atoms. The van der Waals surface area contributed by atoms with E-state index in [-0.39, 0.29) is 59.1 Å². The first kappa shape index (κ1) is 19.7. The first-order chi connectivity index (χ1) is 8.27. The summed E-state index contributed by atoms with van der Waals surface area (Å²) in [5.74, 6) is 0. The molecule has 2 rings (SSSR count). The van der Waals surface area contributed by atoms with Crippen LogP contribution in [0.4, 0.5) is 0 Å². The van der Waals surface area contributed by atoms with Crippen LogP contribution in [0, 0.1) is 0 Å². The zero-order chi connectivity index (χ0) is 12.1. The van der Waals surface area contributed by atoms with Crippen LogP contribution in [0.2, 0.25) is 0 Å². The number of benzene rings is 2. The molecule has 0 radical (unpaired) electrons. The van der Waals surface area contributed by atoms with Crippen molar-refractivity contribution in [2.45, 2.75) is 9.79 Å². The summed E-state index contributed by atoms with van der Waals surface area (Å²) >= 11 is -3.43. The molecule has 0 aliphatic carbocycles. The van der Waals surface area contributed by atoms with Crippen molar-refractivity contribution >= 4 is 81.3 Å². The summed E-state index contributed by atoms with van der Waals surface area (Å²) in [6.07, 6.45) is 0. The standard InChI is InChI=1S/C12H10O3S2.2Na.2H/c13-16(11-7-3-1-4-8-11)15-17(14)12-9-5-2-6-10-12;;;;/h1-10H;;;;. The van der Waals surface area contributed by atoms with Crippen molar-refractivity contribution in [3.8, 4) is 0 Å². The van der Waals surface area contributed by atoms with Crippen LogP contribution in [0.1, 0.15) is 0 Å². The van der Waals surface area contributed by atoms with Crippen LogP contribution < -0.4 is 0 Å². The van der Waals surface area contributed by atoms with Gasteiger partial charge in [-0.1, -0.05) is 36.4 Å². The van der Waals surface area contributed by atoms with Gasteiger partial charge in [0.15, 0.2) is 0 Å². The van der Waals surface area contributed by atoms with Gasteiger partial charge in [-0.15, -0.1) is 0 Å². The fourth-order valence-electron chi connectivity index (χ4n) is 1.20.